The second-order valence-electron chi connectivity index (χ2n) is 4.82. The van der Waals surface area contributed by atoms with Gasteiger partial charge >= 0.3 is 11.9 Å². The number of fused-ring (bicyclic) bond motifs is 1. The van der Waals surface area contributed by atoms with Crippen LogP contribution in [0.15, 0.2) is 12.7 Å². The Morgan fingerprint density at radius 3 is 2.52 bits per heavy atom. The highest BCUT2D eigenvalue weighted by Gasteiger charge is 2.28. The number of rotatable bonds is 7. The van der Waals surface area contributed by atoms with Crippen LogP contribution >= 0.6 is 0 Å². The average Bonchev–Trinajstić information content (AvgIpc) is 3.00. The van der Waals surface area contributed by atoms with Crippen LogP contribution in [0.5, 0.6) is 0 Å². The molecule has 0 saturated carbocycles. The van der Waals surface area contributed by atoms with Gasteiger partial charge in [-0.25, -0.2) is 15.0 Å². The van der Waals surface area contributed by atoms with E-state index in [0.29, 0.717) is 36.4 Å². The maximum Gasteiger partial charge on any atom is 0.320 e. The molecule has 0 unspecified atom stereocenters. The first-order valence-corrected chi connectivity index (χ1v) is 7.11. The van der Waals surface area contributed by atoms with Gasteiger partial charge in [0.05, 0.1) is 20.5 Å². The third kappa shape index (κ3) is 3.55. The van der Waals surface area contributed by atoms with Gasteiger partial charge in [-0.3, -0.25) is 9.59 Å². The fourth-order valence-electron chi connectivity index (χ4n) is 2.31. The van der Waals surface area contributed by atoms with Crippen LogP contribution in [-0.2, 0) is 25.6 Å². The van der Waals surface area contributed by atoms with E-state index in [9.17, 15) is 9.59 Å². The first kappa shape index (κ1) is 16.7. The number of esters is 2. The Hall–Kier alpha value is -2.71. The van der Waals surface area contributed by atoms with Crippen LogP contribution in [0.1, 0.15) is 12.8 Å². The van der Waals surface area contributed by atoms with Crippen molar-refractivity contribution < 1.29 is 19.1 Å². The molecule has 0 aliphatic heterocycles. The summed E-state index contributed by atoms with van der Waals surface area (Å²) >= 11 is 0. The molecular formula is C14H19N5O4. The van der Waals surface area contributed by atoms with Gasteiger partial charge in [0, 0.05) is 13.6 Å². The maximum absolute atomic E-state index is 11.6. The smallest absolute Gasteiger partial charge is 0.320 e. The van der Waals surface area contributed by atoms with Crippen molar-refractivity contribution in [2.45, 2.75) is 19.4 Å². The van der Waals surface area contributed by atoms with Gasteiger partial charge in [-0.15, -0.1) is 0 Å². The summed E-state index contributed by atoms with van der Waals surface area (Å²) < 4.78 is 11.1. The topological polar surface area (TPSA) is 108 Å². The Bertz CT molecular complexity index is 684. The standard InChI is InChI=1S/C14H19N5O4/c1-15-11-10-12(17-7-16-11)19(8-18-10)6-4-5-9(13(20)22-2)14(21)23-3/h7-9H,4-6H2,1-3H3,(H,15,16,17). The van der Waals surface area contributed by atoms with E-state index < -0.39 is 17.9 Å². The molecule has 9 heteroatoms. The summed E-state index contributed by atoms with van der Waals surface area (Å²) in [6, 6.07) is 0. The van der Waals surface area contributed by atoms with Gasteiger partial charge in [0.2, 0.25) is 0 Å². The minimum Gasteiger partial charge on any atom is -0.468 e. The van der Waals surface area contributed by atoms with Crippen molar-refractivity contribution in [1.82, 2.24) is 19.5 Å². The SMILES string of the molecule is CNc1ncnc2c1ncn2CCCC(C(=O)OC)C(=O)OC. The van der Waals surface area contributed by atoms with E-state index in [1.807, 2.05) is 4.57 Å². The van der Waals surface area contributed by atoms with Gasteiger partial charge in [-0.1, -0.05) is 0 Å². The molecule has 0 aromatic carbocycles. The van der Waals surface area contributed by atoms with Crippen molar-refractivity contribution in [1.29, 1.82) is 0 Å². The maximum atomic E-state index is 11.6. The number of carbonyl (C=O) groups is 2. The molecular weight excluding hydrogens is 302 g/mol. The minimum absolute atomic E-state index is 0.322. The molecule has 0 aliphatic rings. The molecule has 0 atom stereocenters. The largest absolute Gasteiger partial charge is 0.468 e. The van der Waals surface area contributed by atoms with Crippen molar-refractivity contribution in [2.24, 2.45) is 5.92 Å². The van der Waals surface area contributed by atoms with Crippen molar-refractivity contribution in [3.8, 4) is 0 Å². The van der Waals surface area contributed by atoms with E-state index >= 15 is 0 Å². The molecule has 0 fully saturated rings. The number of aromatic nitrogens is 4. The minimum atomic E-state index is -0.915. The van der Waals surface area contributed by atoms with Gasteiger partial charge in [0.1, 0.15) is 11.8 Å². The molecule has 2 rings (SSSR count). The lowest BCUT2D eigenvalue weighted by Gasteiger charge is -2.12. The number of hydrogen-bond donors (Lipinski definition) is 1. The van der Waals surface area contributed by atoms with E-state index in [4.69, 9.17) is 0 Å². The summed E-state index contributed by atoms with van der Waals surface area (Å²) in [6.45, 7) is 0.557. The lowest BCUT2D eigenvalue weighted by Crippen LogP contribution is -2.26. The van der Waals surface area contributed by atoms with Crippen LogP contribution in [0.4, 0.5) is 5.82 Å². The molecule has 2 aromatic rings. The molecule has 23 heavy (non-hydrogen) atoms. The molecule has 0 saturated heterocycles. The first-order chi connectivity index (χ1) is 11.1. The number of ether oxygens (including phenoxy) is 2. The van der Waals surface area contributed by atoms with E-state index in [0.717, 1.165) is 0 Å². The van der Waals surface area contributed by atoms with Crippen molar-refractivity contribution in [3.63, 3.8) is 0 Å². The fraction of sp³-hybridized carbons (Fsp3) is 0.500. The Labute approximate surface area is 133 Å². The van der Waals surface area contributed by atoms with Crippen molar-refractivity contribution in [2.75, 3.05) is 26.6 Å². The highest BCUT2D eigenvalue weighted by Crippen LogP contribution is 2.18. The van der Waals surface area contributed by atoms with Gasteiger partial charge in [-0.2, -0.15) is 0 Å². The summed E-state index contributed by atoms with van der Waals surface area (Å²) in [5.41, 5.74) is 1.37. The number of imidazole rings is 1. The zero-order valence-corrected chi connectivity index (χ0v) is 13.3. The lowest BCUT2D eigenvalue weighted by atomic mass is 10.0. The third-order valence-electron chi connectivity index (χ3n) is 3.50. The second-order valence-corrected chi connectivity index (χ2v) is 4.82. The Kier molecular flexibility index (Phi) is 5.45. The van der Waals surface area contributed by atoms with E-state index in [1.54, 1.807) is 13.4 Å². The highest BCUT2D eigenvalue weighted by molar-refractivity contribution is 5.94. The van der Waals surface area contributed by atoms with Crippen LogP contribution < -0.4 is 5.32 Å². The Balaban J connectivity index is 2.06. The molecule has 0 radical (unpaired) electrons. The molecule has 0 spiro atoms. The quantitative estimate of drug-likeness (QED) is 0.584. The fourth-order valence-corrected chi connectivity index (χ4v) is 2.31. The lowest BCUT2D eigenvalue weighted by molar-refractivity contribution is -0.159. The zero-order chi connectivity index (χ0) is 16.8. The summed E-state index contributed by atoms with van der Waals surface area (Å²) in [5.74, 6) is -1.45. The third-order valence-corrected chi connectivity index (χ3v) is 3.50. The number of methoxy groups -OCH3 is 2. The van der Waals surface area contributed by atoms with Crippen LogP contribution in [0, 0.1) is 5.92 Å². The number of anilines is 1. The van der Waals surface area contributed by atoms with Crippen LogP contribution in [0.2, 0.25) is 0 Å². The molecule has 2 aromatic heterocycles. The van der Waals surface area contributed by atoms with E-state index in [2.05, 4.69) is 29.7 Å². The number of nitrogens with one attached hydrogen (secondary N) is 1. The molecule has 9 nitrogen and oxygen atoms in total. The normalized spacial score (nSPS) is 10.8. The highest BCUT2D eigenvalue weighted by atomic mass is 16.5. The summed E-state index contributed by atoms with van der Waals surface area (Å²) in [4.78, 5) is 35.9. The monoisotopic (exact) mass is 321 g/mol. The molecule has 0 bridgehead atoms. The predicted molar refractivity (Wildman–Crippen MR) is 81.6 cm³/mol. The Morgan fingerprint density at radius 1 is 1.22 bits per heavy atom. The van der Waals surface area contributed by atoms with E-state index in [1.165, 1.54) is 20.5 Å². The molecule has 124 valence electrons. The summed E-state index contributed by atoms with van der Waals surface area (Å²) in [5, 5.41) is 2.95. The van der Waals surface area contributed by atoms with Crippen LogP contribution in [0.3, 0.4) is 0 Å². The number of hydrogen-bond acceptors (Lipinski definition) is 8. The van der Waals surface area contributed by atoms with Gasteiger partial charge in [-0.05, 0) is 12.8 Å². The second kappa shape index (κ2) is 7.52. The van der Waals surface area contributed by atoms with Gasteiger partial charge in [0.25, 0.3) is 0 Å². The predicted octanol–water partition coefficient (Wildman–Crippen LogP) is 0.610. The summed E-state index contributed by atoms with van der Waals surface area (Å²) in [6.07, 6.45) is 4.01. The van der Waals surface area contributed by atoms with E-state index in [-0.39, 0.29) is 0 Å². The van der Waals surface area contributed by atoms with Crippen molar-refractivity contribution >= 4 is 28.9 Å². The van der Waals surface area contributed by atoms with Gasteiger partial charge < -0.3 is 19.4 Å². The molecule has 1 N–H and O–H groups in total. The molecule has 0 aliphatic carbocycles. The number of nitrogens with zero attached hydrogens (tertiary/aromatic N) is 4. The molecule has 2 heterocycles. The Morgan fingerprint density at radius 2 is 1.91 bits per heavy atom. The van der Waals surface area contributed by atoms with Gasteiger partial charge in [0.15, 0.2) is 17.4 Å². The number of aryl methyl sites for hydroxylation is 1. The number of carbonyl (C=O) groups excluding carboxylic acids is 2. The first-order valence-electron chi connectivity index (χ1n) is 7.11. The van der Waals surface area contributed by atoms with Crippen LogP contribution in [-0.4, -0.2) is 52.7 Å². The summed E-state index contributed by atoms with van der Waals surface area (Å²) in [7, 11) is 4.26. The van der Waals surface area contributed by atoms with Crippen LogP contribution in [0.25, 0.3) is 11.2 Å². The zero-order valence-electron chi connectivity index (χ0n) is 13.3. The molecule has 0 amide bonds. The van der Waals surface area contributed by atoms with Crippen molar-refractivity contribution in [3.05, 3.63) is 12.7 Å². The average molecular weight is 321 g/mol.